The molecule has 5 heteroatoms. The molecule has 0 aromatic carbocycles. The van der Waals surface area contributed by atoms with Crippen LogP contribution in [0, 0.1) is 11.8 Å². The Morgan fingerprint density at radius 2 is 1.95 bits per heavy atom. The van der Waals surface area contributed by atoms with Gasteiger partial charge in [0, 0.05) is 0 Å². The van der Waals surface area contributed by atoms with E-state index < -0.39 is 23.2 Å². The van der Waals surface area contributed by atoms with E-state index in [4.69, 9.17) is 9.84 Å². The number of carbonyl (C=O) groups excluding carboxylic acids is 1. The largest absolute Gasteiger partial charge is 0.481 e. The van der Waals surface area contributed by atoms with Crippen molar-refractivity contribution in [3.8, 4) is 0 Å². The molecule has 2 rings (SSSR count). The summed E-state index contributed by atoms with van der Waals surface area (Å²) in [6.07, 6.45) is 4.77. The van der Waals surface area contributed by atoms with Crippen LogP contribution in [-0.2, 0) is 9.53 Å². The minimum absolute atomic E-state index is 0.00654. The minimum Gasteiger partial charge on any atom is -0.481 e. The third-order valence-electron chi connectivity index (χ3n) is 4.46. The molecule has 2 aliphatic carbocycles. The first-order valence-corrected chi connectivity index (χ1v) is 7.45. The van der Waals surface area contributed by atoms with Crippen molar-refractivity contribution in [2.75, 3.05) is 0 Å². The highest BCUT2D eigenvalue weighted by Crippen LogP contribution is 2.53. The van der Waals surface area contributed by atoms with Gasteiger partial charge in [-0.1, -0.05) is 19.3 Å². The molecule has 2 N–H and O–H groups in total. The van der Waals surface area contributed by atoms with Gasteiger partial charge in [0.2, 0.25) is 0 Å². The summed E-state index contributed by atoms with van der Waals surface area (Å²) in [5, 5.41) is 12.0. The predicted octanol–water partition coefficient (Wildman–Crippen LogP) is 2.93. The number of fused-ring (bicyclic) bond motifs is 1. The van der Waals surface area contributed by atoms with E-state index in [1.165, 1.54) is 6.42 Å². The second-order valence-electron chi connectivity index (χ2n) is 7.21. The zero-order valence-corrected chi connectivity index (χ0v) is 12.6. The van der Waals surface area contributed by atoms with Gasteiger partial charge in [-0.15, -0.1) is 0 Å². The van der Waals surface area contributed by atoms with Crippen molar-refractivity contribution in [3.05, 3.63) is 0 Å². The zero-order chi connectivity index (χ0) is 15.0. The Kier molecular flexibility index (Phi) is 3.98. The van der Waals surface area contributed by atoms with Crippen LogP contribution in [0.4, 0.5) is 4.79 Å². The van der Waals surface area contributed by atoms with Gasteiger partial charge in [0.1, 0.15) is 5.60 Å². The lowest BCUT2D eigenvalue weighted by Gasteiger charge is -2.57. The Hall–Kier alpha value is -1.26. The molecule has 0 radical (unpaired) electrons. The van der Waals surface area contributed by atoms with Gasteiger partial charge in [0.15, 0.2) is 0 Å². The van der Waals surface area contributed by atoms with Crippen molar-refractivity contribution < 1.29 is 19.4 Å². The highest BCUT2D eigenvalue weighted by molar-refractivity contribution is 5.73. The first-order valence-electron chi connectivity index (χ1n) is 7.45. The quantitative estimate of drug-likeness (QED) is 0.835. The van der Waals surface area contributed by atoms with Crippen molar-refractivity contribution >= 4 is 12.1 Å². The molecule has 1 amide bonds. The second kappa shape index (κ2) is 5.26. The van der Waals surface area contributed by atoms with E-state index in [2.05, 4.69) is 5.32 Å². The van der Waals surface area contributed by atoms with Gasteiger partial charge in [-0.3, -0.25) is 4.79 Å². The summed E-state index contributed by atoms with van der Waals surface area (Å²) >= 11 is 0. The van der Waals surface area contributed by atoms with Gasteiger partial charge < -0.3 is 15.2 Å². The molecule has 2 fully saturated rings. The molecule has 5 nitrogen and oxygen atoms in total. The summed E-state index contributed by atoms with van der Waals surface area (Å²) in [5.74, 6) is 0.00277. The number of rotatable bonds is 3. The second-order valence-corrected chi connectivity index (χ2v) is 7.21. The SMILES string of the molecule is CC(C)(C)OC(=O)NC1(CC(=O)O)C[C@H]2CCCC[C@H]21. The van der Waals surface area contributed by atoms with Gasteiger partial charge >= 0.3 is 12.1 Å². The molecule has 2 aliphatic rings. The number of carbonyl (C=O) groups is 2. The summed E-state index contributed by atoms with van der Waals surface area (Å²) in [6, 6.07) is 0. The van der Waals surface area contributed by atoms with Crippen LogP contribution in [0.3, 0.4) is 0 Å². The van der Waals surface area contributed by atoms with Crippen molar-refractivity contribution in [2.24, 2.45) is 11.8 Å². The third kappa shape index (κ3) is 3.25. The molecule has 0 heterocycles. The fourth-order valence-corrected chi connectivity index (χ4v) is 3.81. The summed E-state index contributed by atoms with van der Waals surface area (Å²) < 4.78 is 5.29. The Morgan fingerprint density at radius 1 is 1.30 bits per heavy atom. The maximum Gasteiger partial charge on any atom is 0.408 e. The zero-order valence-electron chi connectivity index (χ0n) is 12.6. The van der Waals surface area contributed by atoms with Gasteiger partial charge in [0.25, 0.3) is 0 Å². The molecular weight excluding hydrogens is 258 g/mol. The molecule has 0 saturated heterocycles. The minimum atomic E-state index is -0.856. The normalized spacial score (nSPS) is 32.8. The average molecular weight is 283 g/mol. The number of amides is 1. The van der Waals surface area contributed by atoms with Crippen LogP contribution >= 0.6 is 0 Å². The first-order chi connectivity index (χ1) is 9.22. The standard InChI is InChI=1S/C15H25NO4/c1-14(2,3)20-13(19)16-15(9-12(17)18)8-10-6-4-5-7-11(10)15/h10-11H,4-9H2,1-3H3,(H,16,19)(H,17,18)/t10-,11-,15?/m1/s1. The lowest BCUT2D eigenvalue weighted by molar-refractivity contribution is -0.143. The number of hydrogen-bond acceptors (Lipinski definition) is 3. The van der Waals surface area contributed by atoms with Gasteiger partial charge in [-0.2, -0.15) is 0 Å². The van der Waals surface area contributed by atoms with Gasteiger partial charge in [-0.25, -0.2) is 4.79 Å². The number of carboxylic acids is 1. The highest BCUT2D eigenvalue weighted by atomic mass is 16.6. The Morgan fingerprint density at radius 3 is 2.50 bits per heavy atom. The molecule has 3 atom stereocenters. The van der Waals surface area contributed by atoms with Crippen LogP contribution in [0.1, 0.15) is 59.3 Å². The number of carboxylic acid groups (broad SMARTS) is 1. The Labute approximate surface area is 120 Å². The van der Waals surface area contributed by atoms with Crippen LogP contribution < -0.4 is 5.32 Å². The van der Waals surface area contributed by atoms with E-state index in [1.807, 2.05) is 0 Å². The fraction of sp³-hybridized carbons (Fsp3) is 0.867. The maximum atomic E-state index is 12.0. The van der Waals surface area contributed by atoms with Crippen LogP contribution in [-0.4, -0.2) is 28.3 Å². The van der Waals surface area contributed by atoms with E-state index in [0.717, 1.165) is 25.7 Å². The summed E-state index contributed by atoms with van der Waals surface area (Å²) in [7, 11) is 0. The molecule has 0 bridgehead atoms. The van der Waals surface area contributed by atoms with Crippen molar-refractivity contribution in [1.82, 2.24) is 5.32 Å². The molecule has 1 unspecified atom stereocenters. The molecular formula is C15H25NO4. The number of alkyl carbamates (subject to hydrolysis) is 1. The summed E-state index contributed by atoms with van der Waals surface area (Å²) in [4.78, 5) is 23.2. The maximum absolute atomic E-state index is 12.0. The highest BCUT2D eigenvalue weighted by Gasteiger charge is 2.56. The molecule has 0 aromatic rings. The van der Waals surface area contributed by atoms with E-state index in [9.17, 15) is 9.59 Å². The van der Waals surface area contributed by atoms with Crippen LogP contribution in [0.25, 0.3) is 0 Å². The van der Waals surface area contributed by atoms with E-state index >= 15 is 0 Å². The first kappa shape index (κ1) is 15.1. The number of hydrogen-bond donors (Lipinski definition) is 2. The van der Waals surface area contributed by atoms with Gasteiger partial charge in [0.05, 0.1) is 12.0 Å². The van der Waals surface area contributed by atoms with Crippen molar-refractivity contribution in [3.63, 3.8) is 0 Å². The van der Waals surface area contributed by atoms with E-state index in [1.54, 1.807) is 20.8 Å². The predicted molar refractivity (Wildman–Crippen MR) is 74.4 cm³/mol. The van der Waals surface area contributed by atoms with Crippen LogP contribution in [0.5, 0.6) is 0 Å². The molecule has 0 aliphatic heterocycles. The lowest BCUT2D eigenvalue weighted by Crippen LogP contribution is -2.66. The Bertz CT molecular complexity index is 401. The van der Waals surface area contributed by atoms with E-state index in [-0.39, 0.29) is 6.42 Å². The molecule has 114 valence electrons. The topological polar surface area (TPSA) is 75.6 Å². The smallest absolute Gasteiger partial charge is 0.408 e. The molecule has 0 aromatic heterocycles. The van der Waals surface area contributed by atoms with Crippen molar-refractivity contribution in [1.29, 1.82) is 0 Å². The van der Waals surface area contributed by atoms with Crippen LogP contribution in [0.2, 0.25) is 0 Å². The molecule has 2 saturated carbocycles. The molecule has 0 spiro atoms. The van der Waals surface area contributed by atoms with Gasteiger partial charge in [-0.05, 0) is 45.4 Å². The van der Waals surface area contributed by atoms with E-state index in [0.29, 0.717) is 11.8 Å². The monoisotopic (exact) mass is 283 g/mol. The third-order valence-corrected chi connectivity index (χ3v) is 4.46. The fourth-order valence-electron chi connectivity index (χ4n) is 3.81. The Balaban J connectivity index is 2.05. The number of nitrogens with one attached hydrogen (secondary N) is 1. The number of aliphatic carboxylic acids is 1. The summed E-state index contributed by atoms with van der Waals surface area (Å²) in [5.41, 5.74) is -1.16. The summed E-state index contributed by atoms with van der Waals surface area (Å²) in [6.45, 7) is 5.42. The van der Waals surface area contributed by atoms with Crippen molar-refractivity contribution in [2.45, 2.75) is 70.4 Å². The molecule has 20 heavy (non-hydrogen) atoms. The number of ether oxygens (including phenoxy) is 1. The van der Waals surface area contributed by atoms with Crippen LogP contribution in [0.15, 0.2) is 0 Å². The lowest BCUT2D eigenvalue weighted by atomic mass is 9.53. The average Bonchev–Trinajstić information content (AvgIpc) is 2.24.